The van der Waals surface area contributed by atoms with E-state index in [4.69, 9.17) is 4.74 Å². The van der Waals surface area contributed by atoms with Crippen LogP contribution in [0.25, 0.3) is 0 Å². The van der Waals surface area contributed by atoms with Gasteiger partial charge in [0.2, 0.25) is 0 Å². The van der Waals surface area contributed by atoms with E-state index in [1.165, 1.54) is 0 Å². The van der Waals surface area contributed by atoms with Gasteiger partial charge in [-0.2, -0.15) is 0 Å². The lowest BCUT2D eigenvalue weighted by Gasteiger charge is -2.15. The van der Waals surface area contributed by atoms with Crippen LogP contribution in [0.4, 0.5) is 0 Å². The molecule has 5 heteroatoms. The molecule has 0 aliphatic heterocycles. The first-order valence-electron chi connectivity index (χ1n) is 6.73. The van der Waals surface area contributed by atoms with Gasteiger partial charge in [0.15, 0.2) is 9.84 Å². The molecular formula is C16H20NO3S+. The molecule has 0 spiro atoms. The lowest BCUT2D eigenvalue weighted by atomic mass is 10.1. The van der Waals surface area contributed by atoms with Gasteiger partial charge >= 0.3 is 0 Å². The summed E-state index contributed by atoms with van der Waals surface area (Å²) in [5, 5.41) is -0.633. The lowest BCUT2D eigenvalue weighted by molar-refractivity contribution is -0.367. The van der Waals surface area contributed by atoms with Gasteiger partial charge in [0.1, 0.15) is 11.0 Å². The number of hydrogen-bond donors (Lipinski definition) is 1. The molecule has 0 aromatic heterocycles. The maximum absolute atomic E-state index is 12.8. The molecule has 0 bridgehead atoms. The Morgan fingerprint density at radius 3 is 2.10 bits per heavy atom. The highest BCUT2D eigenvalue weighted by Gasteiger charge is 2.29. The molecule has 0 saturated carbocycles. The van der Waals surface area contributed by atoms with E-state index in [2.05, 4.69) is 5.73 Å². The minimum Gasteiger partial charge on any atom is -0.497 e. The van der Waals surface area contributed by atoms with E-state index in [1.54, 1.807) is 31.4 Å². The smallest absolute Gasteiger partial charge is 0.190 e. The van der Waals surface area contributed by atoms with Crippen LogP contribution in [-0.4, -0.2) is 22.1 Å². The second kappa shape index (κ2) is 6.28. The Labute approximate surface area is 125 Å². The van der Waals surface area contributed by atoms with Crippen molar-refractivity contribution in [3.05, 3.63) is 59.7 Å². The first-order valence-corrected chi connectivity index (χ1v) is 8.27. The molecule has 112 valence electrons. The average Bonchev–Trinajstić information content (AvgIpc) is 2.50. The Balaban J connectivity index is 2.41. The van der Waals surface area contributed by atoms with Crippen molar-refractivity contribution in [2.45, 2.75) is 17.1 Å². The summed E-state index contributed by atoms with van der Waals surface area (Å²) in [6.07, 6.45) is 0. The molecule has 2 rings (SSSR count). The first kappa shape index (κ1) is 15.5. The van der Waals surface area contributed by atoms with Crippen LogP contribution in [-0.2, 0) is 9.84 Å². The van der Waals surface area contributed by atoms with E-state index in [-0.39, 0.29) is 11.4 Å². The third kappa shape index (κ3) is 3.25. The fourth-order valence-corrected chi connectivity index (χ4v) is 3.88. The van der Waals surface area contributed by atoms with Crippen molar-refractivity contribution in [3.63, 3.8) is 0 Å². The van der Waals surface area contributed by atoms with Gasteiger partial charge in [0.05, 0.1) is 18.6 Å². The predicted molar refractivity (Wildman–Crippen MR) is 81.9 cm³/mol. The summed E-state index contributed by atoms with van der Waals surface area (Å²) in [4.78, 5) is 0.289. The van der Waals surface area contributed by atoms with Crippen LogP contribution in [0.3, 0.4) is 0 Å². The number of methoxy groups -OCH3 is 1. The van der Waals surface area contributed by atoms with Gasteiger partial charge in [-0.3, -0.25) is 0 Å². The molecule has 21 heavy (non-hydrogen) atoms. The Bertz CT molecular complexity index is 691. The van der Waals surface area contributed by atoms with Gasteiger partial charge in [-0.25, -0.2) is 8.42 Å². The predicted octanol–water partition coefficient (Wildman–Crippen LogP) is 1.76. The highest BCUT2D eigenvalue weighted by molar-refractivity contribution is 7.91. The molecule has 0 aliphatic rings. The van der Waals surface area contributed by atoms with Crippen LogP contribution in [0.1, 0.15) is 16.4 Å². The highest BCUT2D eigenvalue weighted by Crippen LogP contribution is 2.29. The fraction of sp³-hybridized carbons (Fsp3) is 0.250. The Hall–Kier alpha value is -1.85. The summed E-state index contributed by atoms with van der Waals surface area (Å²) in [7, 11) is -1.91. The monoisotopic (exact) mass is 306 g/mol. The van der Waals surface area contributed by atoms with Crippen LogP contribution in [0.15, 0.2) is 53.4 Å². The van der Waals surface area contributed by atoms with E-state index in [9.17, 15) is 8.42 Å². The summed E-state index contributed by atoms with van der Waals surface area (Å²) >= 11 is 0. The zero-order valence-corrected chi connectivity index (χ0v) is 13.1. The molecular weight excluding hydrogens is 286 g/mol. The van der Waals surface area contributed by atoms with Crippen molar-refractivity contribution < 1.29 is 18.9 Å². The molecule has 0 heterocycles. The highest BCUT2D eigenvalue weighted by atomic mass is 32.2. The van der Waals surface area contributed by atoms with Gasteiger partial charge in [0.25, 0.3) is 0 Å². The van der Waals surface area contributed by atoms with Crippen LogP contribution < -0.4 is 10.5 Å². The maximum Gasteiger partial charge on any atom is 0.190 e. The standard InChI is InChI=1S/C16H19NO3S/c1-12-3-5-13(6-4-12)16(11-17)21(18,19)15-9-7-14(20-2)8-10-15/h3-10,16H,11,17H2,1-2H3/p+1/t16-/m1/s1. The molecule has 0 radical (unpaired) electrons. The lowest BCUT2D eigenvalue weighted by Crippen LogP contribution is -2.54. The first-order chi connectivity index (χ1) is 9.98. The third-order valence-electron chi connectivity index (χ3n) is 3.47. The molecule has 0 aliphatic carbocycles. The largest absolute Gasteiger partial charge is 0.497 e. The quantitative estimate of drug-likeness (QED) is 0.915. The molecule has 4 nitrogen and oxygen atoms in total. The molecule has 0 saturated heterocycles. The van der Waals surface area contributed by atoms with Gasteiger partial charge in [-0.15, -0.1) is 0 Å². The number of rotatable bonds is 5. The van der Waals surface area contributed by atoms with Gasteiger partial charge in [0, 0.05) is 0 Å². The van der Waals surface area contributed by atoms with E-state index in [0.717, 1.165) is 11.1 Å². The van der Waals surface area contributed by atoms with Gasteiger partial charge in [-0.1, -0.05) is 29.8 Å². The molecule has 3 N–H and O–H groups in total. The summed E-state index contributed by atoms with van der Waals surface area (Å²) in [6, 6.07) is 14.0. The second-order valence-electron chi connectivity index (χ2n) is 4.91. The van der Waals surface area contributed by atoms with Crippen molar-refractivity contribution in [1.29, 1.82) is 0 Å². The van der Waals surface area contributed by atoms with Gasteiger partial charge < -0.3 is 10.5 Å². The van der Waals surface area contributed by atoms with Crippen molar-refractivity contribution in [2.24, 2.45) is 0 Å². The Morgan fingerprint density at radius 1 is 1.05 bits per heavy atom. The van der Waals surface area contributed by atoms with Crippen molar-refractivity contribution >= 4 is 9.84 Å². The molecule has 0 fully saturated rings. The number of hydrogen-bond acceptors (Lipinski definition) is 3. The summed E-state index contributed by atoms with van der Waals surface area (Å²) in [5.41, 5.74) is 5.68. The van der Waals surface area contributed by atoms with E-state index in [1.807, 2.05) is 31.2 Å². The van der Waals surface area contributed by atoms with E-state index < -0.39 is 15.1 Å². The van der Waals surface area contributed by atoms with E-state index >= 15 is 0 Å². The molecule has 2 aromatic carbocycles. The van der Waals surface area contributed by atoms with Gasteiger partial charge in [-0.05, 0) is 36.8 Å². The Kier molecular flexibility index (Phi) is 4.65. The number of aryl methyl sites for hydroxylation is 1. The molecule has 0 unspecified atom stereocenters. The number of benzene rings is 2. The summed E-state index contributed by atoms with van der Waals surface area (Å²) in [6.45, 7) is 2.26. The minimum absolute atomic E-state index is 0.289. The number of sulfone groups is 1. The zero-order chi connectivity index (χ0) is 15.5. The normalized spacial score (nSPS) is 12.9. The van der Waals surface area contributed by atoms with Crippen LogP contribution in [0.2, 0.25) is 0 Å². The summed E-state index contributed by atoms with van der Waals surface area (Å²) in [5.74, 6) is 0.635. The number of ether oxygens (including phenoxy) is 1. The number of quaternary nitrogens is 1. The third-order valence-corrected chi connectivity index (χ3v) is 5.66. The van der Waals surface area contributed by atoms with Crippen molar-refractivity contribution in [2.75, 3.05) is 13.7 Å². The average molecular weight is 306 g/mol. The second-order valence-corrected chi connectivity index (χ2v) is 7.04. The SMILES string of the molecule is COc1ccc(S(=O)(=O)[C@H](C[NH3+])c2ccc(C)cc2)cc1. The molecule has 0 amide bonds. The zero-order valence-electron chi connectivity index (χ0n) is 12.2. The molecule has 1 atom stereocenters. The topological polar surface area (TPSA) is 71.0 Å². The van der Waals surface area contributed by atoms with Crippen molar-refractivity contribution in [1.82, 2.24) is 0 Å². The minimum atomic E-state index is -3.46. The van der Waals surface area contributed by atoms with Crippen molar-refractivity contribution in [3.8, 4) is 5.75 Å². The van der Waals surface area contributed by atoms with Crippen LogP contribution >= 0.6 is 0 Å². The molecule has 2 aromatic rings. The van der Waals surface area contributed by atoms with E-state index in [0.29, 0.717) is 5.75 Å². The van der Waals surface area contributed by atoms with Crippen LogP contribution in [0.5, 0.6) is 5.75 Å². The van der Waals surface area contributed by atoms with Crippen LogP contribution in [0, 0.1) is 6.92 Å². The summed E-state index contributed by atoms with van der Waals surface area (Å²) < 4.78 is 30.6. The Morgan fingerprint density at radius 2 is 1.62 bits per heavy atom. The fourth-order valence-electron chi connectivity index (χ4n) is 2.21. The maximum atomic E-state index is 12.8.